The molecule has 1 aliphatic rings. The molecule has 0 saturated heterocycles. The van der Waals surface area contributed by atoms with Gasteiger partial charge in [0.2, 0.25) is 0 Å². The van der Waals surface area contributed by atoms with Crippen molar-refractivity contribution in [2.45, 2.75) is 0 Å². The molecule has 0 bridgehead atoms. The lowest BCUT2D eigenvalue weighted by Gasteiger charge is -2.19. The molecule has 2 aromatic carbocycles. The van der Waals surface area contributed by atoms with Gasteiger partial charge in [-0.1, -0.05) is 11.6 Å². The molecule has 0 spiro atoms. The quantitative estimate of drug-likeness (QED) is 0.550. The number of nitrogen functional groups attached to an aromatic ring is 1. The summed E-state index contributed by atoms with van der Waals surface area (Å²) in [5.74, 6) is -0.686. The number of ketones is 2. The van der Waals surface area contributed by atoms with Crippen molar-refractivity contribution in [1.29, 1.82) is 0 Å². The van der Waals surface area contributed by atoms with Crippen LogP contribution >= 0.6 is 11.6 Å². The minimum atomic E-state index is -0.368. The van der Waals surface area contributed by atoms with Crippen LogP contribution in [0.3, 0.4) is 0 Å². The first-order valence-electron chi connectivity index (χ1n) is 5.81. The van der Waals surface area contributed by atoms with Crippen molar-refractivity contribution in [2.24, 2.45) is 0 Å². The molecule has 2 aromatic rings. The average molecular weight is 286 g/mol. The normalized spacial score (nSPS) is 12.8. The number of anilines is 1. The number of hydrogen-bond acceptors (Lipinski definition) is 4. The van der Waals surface area contributed by atoms with Gasteiger partial charge in [0, 0.05) is 27.3 Å². The molecule has 0 amide bonds. The lowest BCUT2D eigenvalue weighted by Crippen LogP contribution is -2.23. The summed E-state index contributed by atoms with van der Waals surface area (Å²) < 4.78 is 0. The van der Waals surface area contributed by atoms with Crippen LogP contribution in [0.4, 0.5) is 5.69 Å². The Kier molecular flexibility index (Phi) is 2.69. The Morgan fingerprint density at radius 2 is 1.65 bits per heavy atom. The van der Waals surface area contributed by atoms with Gasteiger partial charge in [0.15, 0.2) is 17.9 Å². The zero-order valence-electron chi connectivity index (χ0n) is 10.1. The second-order valence-electron chi connectivity index (χ2n) is 4.46. The first kappa shape index (κ1) is 12.6. The van der Waals surface area contributed by atoms with Crippen molar-refractivity contribution in [3.8, 4) is 0 Å². The van der Waals surface area contributed by atoms with Gasteiger partial charge in [0.25, 0.3) is 0 Å². The van der Waals surface area contributed by atoms with Crippen LogP contribution in [0, 0.1) is 0 Å². The SMILES string of the molecule is Nc1c(C=O)ccc2c1C(=O)c1ccc(Cl)cc1C2=O. The second kappa shape index (κ2) is 4.28. The summed E-state index contributed by atoms with van der Waals surface area (Å²) in [6.45, 7) is 0. The number of aldehydes is 1. The summed E-state index contributed by atoms with van der Waals surface area (Å²) in [6.07, 6.45) is 0.560. The molecule has 0 atom stereocenters. The molecule has 1 aliphatic carbocycles. The Bertz CT molecular complexity index is 796. The molecule has 0 fully saturated rings. The van der Waals surface area contributed by atoms with Crippen molar-refractivity contribution in [2.75, 3.05) is 5.73 Å². The van der Waals surface area contributed by atoms with E-state index in [-0.39, 0.29) is 45.1 Å². The van der Waals surface area contributed by atoms with Crippen LogP contribution in [-0.4, -0.2) is 17.9 Å². The van der Waals surface area contributed by atoms with Crippen molar-refractivity contribution in [1.82, 2.24) is 0 Å². The molecule has 0 aromatic heterocycles. The number of fused-ring (bicyclic) bond motifs is 2. The van der Waals surface area contributed by atoms with Gasteiger partial charge in [-0.15, -0.1) is 0 Å². The molecule has 0 heterocycles. The van der Waals surface area contributed by atoms with Crippen LogP contribution in [0.15, 0.2) is 30.3 Å². The summed E-state index contributed by atoms with van der Waals surface area (Å²) in [6, 6.07) is 7.37. The molecule has 20 heavy (non-hydrogen) atoms. The van der Waals surface area contributed by atoms with E-state index < -0.39 is 0 Å². The molecule has 3 rings (SSSR count). The van der Waals surface area contributed by atoms with Gasteiger partial charge in [-0.25, -0.2) is 0 Å². The maximum atomic E-state index is 12.5. The van der Waals surface area contributed by atoms with E-state index >= 15 is 0 Å². The maximum absolute atomic E-state index is 12.5. The molecule has 5 heteroatoms. The van der Waals surface area contributed by atoms with E-state index in [0.717, 1.165) is 0 Å². The first-order valence-corrected chi connectivity index (χ1v) is 6.19. The first-order chi connectivity index (χ1) is 9.54. The summed E-state index contributed by atoms with van der Waals surface area (Å²) in [5.41, 5.74) is 6.86. The standard InChI is InChI=1S/C15H8ClNO3/c16-8-2-4-9-11(5-8)14(19)10-3-1-7(6-18)13(17)12(10)15(9)20/h1-6H,17H2. The highest BCUT2D eigenvalue weighted by Crippen LogP contribution is 2.33. The summed E-state index contributed by atoms with van der Waals surface area (Å²) in [4.78, 5) is 35.8. The molecule has 0 unspecified atom stereocenters. The molecule has 98 valence electrons. The predicted octanol–water partition coefficient (Wildman–Crippen LogP) is 2.51. The second-order valence-corrected chi connectivity index (χ2v) is 4.89. The lowest BCUT2D eigenvalue weighted by atomic mass is 9.82. The average Bonchev–Trinajstić information content (AvgIpc) is 2.44. The smallest absolute Gasteiger partial charge is 0.196 e. The van der Waals surface area contributed by atoms with Crippen LogP contribution < -0.4 is 5.73 Å². The fourth-order valence-electron chi connectivity index (χ4n) is 2.35. The number of rotatable bonds is 1. The summed E-state index contributed by atoms with van der Waals surface area (Å²) in [5, 5.41) is 0.380. The Morgan fingerprint density at radius 1 is 0.950 bits per heavy atom. The number of benzene rings is 2. The van der Waals surface area contributed by atoms with Crippen molar-refractivity contribution in [3.05, 3.63) is 63.2 Å². The molecule has 2 N–H and O–H groups in total. The van der Waals surface area contributed by atoms with Gasteiger partial charge in [-0.3, -0.25) is 14.4 Å². The van der Waals surface area contributed by atoms with Gasteiger partial charge in [0.05, 0.1) is 11.3 Å². The molecule has 4 nitrogen and oxygen atoms in total. The van der Waals surface area contributed by atoms with E-state index in [0.29, 0.717) is 11.3 Å². The fraction of sp³-hybridized carbons (Fsp3) is 0. The van der Waals surface area contributed by atoms with Gasteiger partial charge in [0.1, 0.15) is 0 Å². The van der Waals surface area contributed by atoms with Gasteiger partial charge in [-0.2, -0.15) is 0 Å². The lowest BCUT2D eigenvalue weighted by molar-refractivity contribution is 0.0979. The number of nitrogens with two attached hydrogens (primary N) is 1. The van der Waals surface area contributed by atoms with Crippen molar-refractivity contribution in [3.63, 3.8) is 0 Å². The Morgan fingerprint density at radius 3 is 2.35 bits per heavy atom. The number of carbonyl (C=O) groups is 3. The predicted molar refractivity (Wildman–Crippen MR) is 74.6 cm³/mol. The molecule has 0 aliphatic heterocycles. The van der Waals surface area contributed by atoms with E-state index in [1.807, 2.05) is 0 Å². The third-order valence-corrected chi connectivity index (χ3v) is 3.58. The summed E-state index contributed by atoms with van der Waals surface area (Å²) in [7, 11) is 0. The van der Waals surface area contributed by atoms with Gasteiger partial charge >= 0.3 is 0 Å². The highest BCUT2D eigenvalue weighted by Gasteiger charge is 2.32. The molecule has 0 radical (unpaired) electrons. The zero-order chi connectivity index (χ0) is 14.4. The highest BCUT2D eigenvalue weighted by molar-refractivity contribution is 6.34. The maximum Gasteiger partial charge on any atom is 0.196 e. The van der Waals surface area contributed by atoms with E-state index in [1.54, 1.807) is 0 Å². The number of halogens is 1. The van der Waals surface area contributed by atoms with E-state index in [4.69, 9.17) is 17.3 Å². The Balaban J connectivity index is 2.34. The van der Waals surface area contributed by atoms with Crippen molar-refractivity contribution >= 4 is 35.1 Å². The van der Waals surface area contributed by atoms with Gasteiger partial charge in [-0.05, 0) is 30.3 Å². The Labute approximate surface area is 119 Å². The van der Waals surface area contributed by atoms with E-state index in [9.17, 15) is 14.4 Å². The van der Waals surface area contributed by atoms with Crippen LogP contribution in [-0.2, 0) is 0 Å². The van der Waals surface area contributed by atoms with E-state index in [2.05, 4.69) is 0 Å². The summed E-state index contributed by atoms with van der Waals surface area (Å²) >= 11 is 5.86. The van der Waals surface area contributed by atoms with E-state index in [1.165, 1.54) is 30.3 Å². The number of carbonyl (C=O) groups excluding carboxylic acids is 3. The third-order valence-electron chi connectivity index (χ3n) is 3.35. The van der Waals surface area contributed by atoms with Crippen LogP contribution in [0.5, 0.6) is 0 Å². The fourth-order valence-corrected chi connectivity index (χ4v) is 2.53. The highest BCUT2D eigenvalue weighted by atomic mass is 35.5. The zero-order valence-corrected chi connectivity index (χ0v) is 10.9. The van der Waals surface area contributed by atoms with Crippen LogP contribution in [0.2, 0.25) is 5.02 Å². The third kappa shape index (κ3) is 1.58. The number of hydrogen-bond donors (Lipinski definition) is 1. The molecule has 0 saturated carbocycles. The minimum Gasteiger partial charge on any atom is -0.398 e. The van der Waals surface area contributed by atoms with Crippen LogP contribution in [0.1, 0.15) is 42.2 Å². The van der Waals surface area contributed by atoms with Crippen molar-refractivity contribution < 1.29 is 14.4 Å². The Hall–Kier alpha value is -2.46. The molecular weight excluding hydrogens is 278 g/mol. The minimum absolute atomic E-state index is 0.0384. The molecular formula is C15H8ClNO3. The topological polar surface area (TPSA) is 77.2 Å². The largest absolute Gasteiger partial charge is 0.398 e. The monoisotopic (exact) mass is 285 g/mol. The van der Waals surface area contributed by atoms with Gasteiger partial charge < -0.3 is 5.73 Å². The van der Waals surface area contributed by atoms with Crippen LogP contribution in [0.25, 0.3) is 0 Å².